The highest BCUT2D eigenvalue weighted by atomic mass is 16.5. The summed E-state index contributed by atoms with van der Waals surface area (Å²) in [5.41, 5.74) is 0.559. The zero-order valence-corrected chi connectivity index (χ0v) is 11.6. The molecule has 0 aliphatic heterocycles. The summed E-state index contributed by atoms with van der Waals surface area (Å²) in [5, 5.41) is 30.0. The van der Waals surface area contributed by atoms with Crippen molar-refractivity contribution < 1.29 is 29.6 Å². The first kappa shape index (κ1) is 14.8. The van der Waals surface area contributed by atoms with Crippen LogP contribution in [0.15, 0.2) is 6.07 Å². The van der Waals surface area contributed by atoms with Gasteiger partial charge in [0.2, 0.25) is 0 Å². The average Bonchev–Trinajstić information content (AvgIpc) is 2.42. The number of carbonyl (C=O) groups excluding carboxylic acids is 1. The number of phenols is 1. The van der Waals surface area contributed by atoms with Gasteiger partial charge in [0.1, 0.15) is 17.6 Å². The fraction of sp³-hybridized carbons (Fsp3) is 0.500. The molecule has 0 radical (unpaired) electrons. The SMILES string of the molecule is COc1cc2c(c(O)c1[C@@H](C)OC)C(=O)C[C@H](O)[C@H]2O. The maximum absolute atomic E-state index is 12.0. The standard InChI is InChI=1S/C14H18O6/c1-6(19-2)11-10(20-3)4-7-12(14(11)18)8(15)5-9(16)13(7)17/h4,6,9,13,16-18H,5H2,1-3H3/t6-,9+,13+/m1/s1. The van der Waals surface area contributed by atoms with Crippen molar-refractivity contribution in [2.24, 2.45) is 0 Å². The predicted molar refractivity (Wildman–Crippen MR) is 70.0 cm³/mol. The van der Waals surface area contributed by atoms with E-state index in [9.17, 15) is 20.1 Å². The molecule has 0 unspecified atom stereocenters. The van der Waals surface area contributed by atoms with Gasteiger partial charge in [-0.2, -0.15) is 0 Å². The van der Waals surface area contributed by atoms with Crippen molar-refractivity contribution in [2.75, 3.05) is 14.2 Å². The monoisotopic (exact) mass is 282 g/mol. The van der Waals surface area contributed by atoms with Crippen molar-refractivity contribution in [3.05, 3.63) is 22.8 Å². The lowest BCUT2D eigenvalue weighted by Gasteiger charge is -2.28. The van der Waals surface area contributed by atoms with Crippen molar-refractivity contribution in [1.82, 2.24) is 0 Å². The van der Waals surface area contributed by atoms with Crippen LogP contribution < -0.4 is 4.74 Å². The van der Waals surface area contributed by atoms with E-state index in [1.807, 2.05) is 0 Å². The quantitative estimate of drug-likeness (QED) is 0.768. The van der Waals surface area contributed by atoms with E-state index in [1.54, 1.807) is 6.92 Å². The van der Waals surface area contributed by atoms with E-state index in [1.165, 1.54) is 20.3 Å². The number of carbonyl (C=O) groups is 1. The molecule has 3 atom stereocenters. The van der Waals surface area contributed by atoms with Gasteiger partial charge in [-0.05, 0) is 13.0 Å². The molecule has 0 fully saturated rings. The number of ether oxygens (including phenoxy) is 2. The number of Topliss-reactive ketones (excluding diaryl/α,β-unsaturated/α-hetero) is 1. The van der Waals surface area contributed by atoms with Crippen molar-refractivity contribution >= 4 is 5.78 Å². The lowest BCUT2D eigenvalue weighted by molar-refractivity contribution is 0.00818. The fourth-order valence-electron chi connectivity index (χ4n) is 2.50. The van der Waals surface area contributed by atoms with Crippen molar-refractivity contribution in [2.45, 2.75) is 31.7 Å². The Morgan fingerprint density at radius 2 is 2.00 bits per heavy atom. The predicted octanol–water partition coefficient (Wildman–Crippen LogP) is 1.09. The van der Waals surface area contributed by atoms with Crippen LogP contribution in [0.25, 0.3) is 0 Å². The smallest absolute Gasteiger partial charge is 0.169 e. The largest absolute Gasteiger partial charge is 0.507 e. The third kappa shape index (κ3) is 2.15. The van der Waals surface area contributed by atoms with E-state index in [0.717, 1.165) is 0 Å². The van der Waals surface area contributed by atoms with Crippen LogP contribution in [0, 0.1) is 0 Å². The second-order valence-corrected chi connectivity index (χ2v) is 4.82. The van der Waals surface area contributed by atoms with Crippen LogP contribution in [0.2, 0.25) is 0 Å². The molecular formula is C14H18O6. The van der Waals surface area contributed by atoms with E-state index in [4.69, 9.17) is 9.47 Å². The van der Waals surface area contributed by atoms with E-state index in [0.29, 0.717) is 11.3 Å². The van der Waals surface area contributed by atoms with Crippen molar-refractivity contribution in [1.29, 1.82) is 0 Å². The molecule has 2 rings (SSSR count). The Bertz CT molecular complexity index is 539. The van der Waals surface area contributed by atoms with Gasteiger partial charge >= 0.3 is 0 Å². The van der Waals surface area contributed by atoms with Gasteiger partial charge in [-0.15, -0.1) is 0 Å². The van der Waals surface area contributed by atoms with Crippen molar-refractivity contribution in [3.63, 3.8) is 0 Å². The number of hydrogen-bond acceptors (Lipinski definition) is 6. The van der Waals surface area contributed by atoms with Gasteiger partial charge in [0.25, 0.3) is 0 Å². The molecule has 0 saturated heterocycles. The van der Waals surface area contributed by atoms with Gasteiger partial charge in [0, 0.05) is 19.1 Å². The molecular weight excluding hydrogens is 264 g/mol. The number of methoxy groups -OCH3 is 2. The number of aromatic hydroxyl groups is 1. The minimum absolute atomic E-state index is 0.0301. The van der Waals surface area contributed by atoms with Crippen LogP contribution in [-0.4, -0.2) is 41.4 Å². The molecule has 0 heterocycles. The third-order valence-corrected chi connectivity index (χ3v) is 3.67. The molecule has 0 bridgehead atoms. The summed E-state index contributed by atoms with van der Waals surface area (Å²) in [7, 11) is 2.89. The second kappa shape index (κ2) is 5.40. The Balaban J connectivity index is 2.71. The van der Waals surface area contributed by atoms with E-state index in [2.05, 4.69) is 0 Å². The molecule has 3 N–H and O–H groups in total. The zero-order valence-electron chi connectivity index (χ0n) is 11.6. The Morgan fingerprint density at radius 1 is 1.35 bits per heavy atom. The van der Waals surface area contributed by atoms with E-state index >= 15 is 0 Å². The number of aliphatic hydroxyl groups excluding tert-OH is 2. The maximum atomic E-state index is 12.0. The topological polar surface area (TPSA) is 96.2 Å². The third-order valence-electron chi connectivity index (χ3n) is 3.67. The van der Waals surface area contributed by atoms with Crippen LogP contribution in [0.3, 0.4) is 0 Å². The number of benzene rings is 1. The first-order valence-electron chi connectivity index (χ1n) is 6.28. The molecule has 0 saturated carbocycles. The number of fused-ring (bicyclic) bond motifs is 1. The van der Waals surface area contributed by atoms with E-state index in [-0.39, 0.29) is 23.3 Å². The maximum Gasteiger partial charge on any atom is 0.169 e. The molecule has 1 aromatic rings. The summed E-state index contributed by atoms with van der Waals surface area (Å²) in [5.74, 6) is -0.372. The van der Waals surface area contributed by atoms with Gasteiger partial charge in [-0.3, -0.25) is 4.79 Å². The molecule has 0 amide bonds. The molecule has 0 spiro atoms. The minimum atomic E-state index is -1.23. The summed E-state index contributed by atoms with van der Waals surface area (Å²) in [6, 6.07) is 1.46. The lowest BCUT2D eigenvalue weighted by Crippen LogP contribution is -2.29. The highest BCUT2D eigenvalue weighted by Crippen LogP contribution is 2.44. The highest BCUT2D eigenvalue weighted by Gasteiger charge is 2.36. The Kier molecular flexibility index (Phi) is 3.99. The average molecular weight is 282 g/mol. The molecule has 1 aromatic carbocycles. The van der Waals surface area contributed by atoms with E-state index < -0.39 is 24.1 Å². The van der Waals surface area contributed by atoms with Gasteiger partial charge in [-0.25, -0.2) is 0 Å². The Hall–Kier alpha value is -1.63. The van der Waals surface area contributed by atoms with Crippen LogP contribution in [-0.2, 0) is 4.74 Å². The van der Waals surface area contributed by atoms with Gasteiger partial charge < -0.3 is 24.8 Å². The number of phenolic OH excluding ortho intramolecular Hbond substituents is 1. The summed E-state index contributed by atoms with van der Waals surface area (Å²) < 4.78 is 10.4. The van der Waals surface area contributed by atoms with Crippen LogP contribution in [0.5, 0.6) is 11.5 Å². The Morgan fingerprint density at radius 3 is 2.55 bits per heavy atom. The summed E-state index contributed by atoms with van der Waals surface area (Å²) >= 11 is 0. The van der Waals surface area contributed by atoms with Gasteiger partial charge in [0.15, 0.2) is 5.78 Å². The van der Waals surface area contributed by atoms with Crippen LogP contribution in [0.4, 0.5) is 0 Å². The second-order valence-electron chi connectivity index (χ2n) is 4.82. The minimum Gasteiger partial charge on any atom is -0.507 e. The summed E-state index contributed by atoms with van der Waals surface area (Å²) in [4.78, 5) is 12.0. The first-order valence-corrected chi connectivity index (χ1v) is 6.28. The highest BCUT2D eigenvalue weighted by molar-refractivity contribution is 6.02. The normalized spacial score (nSPS) is 23.4. The molecule has 20 heavy (non-hydrogen) atoms. The molecule has 6 heteroatoms. The number of ketones is 1. The fourth-order valence-corrected chi connectivity index (χ4v) is 2.50. The molecule has 1 aliphatic rings. The summed E-state index contributed by atoms with van der Waals surface area (Å²) in [6.07, 6.45) is -3.11. The number of hydrogen-bond donors (Lipinski definition) is 3. The zero-order chi connectivity index (χ0) is 15.0. The number of aliphatic hydroxyl groups is 2. The molecule has 6 nitrogen and oxygen atoms in total. The van der Waals surface area contributed by atoms with Crippen molar-refractivity contribution in [3.8, 4) is 11.5 Å². The molecule has 0 aromatic heterocycles. The first-order chi connectivity index (χ1) is 9.42. The molecule has 1 aliphatic carbocycles. The molecule has 110 valence electrons. The van der Waals surface area contributed by atoms with Gasteiger partial charge in [-0.1, -0.05) is 0 Å². The number of rotatable bonds is 3. The Labute approximate surface area is 116 Å². The van der Waals surface area contributed by atoms with Crippen LogP contribution in [0.1, 0.15) is 47.0 Å². The summed E-state index contributed by atoms with van der Waals surface area (Å²) in [6.45, 7) is 1.71. The van der Waals surface area contributed by atoms with Crippen LogP contribution >= 0.6 is 0 Å². The van der Waals surface area contributed by atoms with Gasteiger partial charge in [0.05, 0.1) is 30.4 Å². The lowest BCUT2D eigenvalue weighted by atomic mass is 9.83.